The second-order valence-electron chi connectivity index (χ2n) is 4.12. The van der Waals surface area contributed by atoms with Crippen LogP contribution in [0.4, 0.5) is 4.79 Å². The van der Waals surface area contributed by atoms with Crippen LogP contribution in [-0.2, 0) is 21.2 Å². The first-order valence-electron chi connectivity index (χ1n) is 6.11. The van der Waals surface area contributed by atoms with Crippen molar-refractivity contribution in [2.45, 2.75) is 29.6 Å². The summed E-state index contributed by atoms with van der Waals surface area (Å²) in [6, 6.07) is 5.10. The Labute approximate surface area is 122 Å². The van der Waals surface area contributed by atoms with Gasteiger partial charge in [0.05, 0.1) is 0 Å². The van der Waals surface area contributed by atoms with Gasteiger partial charge >= 0.3 is 6.03 Å². The molecule has 1 aromatic carbocycles. The van der Waals surface area contributed by atoms with Crippen LogP contribution in [0.2, 0.25) is 0 Å². The highest BCUT2D eigenvalue weighted by Gasteiger charge is 2.25. The van der Waals surface area contributed by atoms with E-state index in [1.165, 1.54) is 24.5 Å². The number of nitrogens with one attached hydrogen (secondary N) is 2. The molecule has 8 heteroatoms. The molecule has 0 aliphatic heterocycles. The Morgan fingerprint density at radius 2 is 2.00 bits per heavy atom. The summed E-state index contributed by atoms with van der Waals surface area (Å²) >= 11 is -1.46. The number of hydrogen-bond donors (Lipinski definition) is 2. The Kier molecular flexibility index (Phi) is 6.31. The van der Waals surface area contributed by atoms with Gasteiger partial charge in [-0.3, -0.25) is 0 Å². The van der Waals surface area contributed by atoms with Crippen LogP contribution < -0.4 is 10.0 Å². The second kappa shape index (κ2) is 7.51. The molecule has 112 valence electrons. The normalized spacial score (nSPS) is 12.8. The van der Waals surface area contributed by atoms with Crippen molar-refractivity contribution in [2.24, 2.45) is 0 Å². The van der Waals surface area contributed by atoms with Crippen LogP contribution in [-0.4, -0.2) is 31.8 Å². The van der Waals surface area contributed by atoms with Crippen LogP contribution in [0.5, 0.6) is 0 Å². The molecule has 0 radical (unpaired) electrons. The van der Waals surface area contributed by atoms with Crippen molar-refractivity contribution < 1.29 is 17.8 Å². The van der Waals surface area contributed by atoms with Crippen molar-refractivity contribution in [3.8, 4) is 0 Å². The van der Waals surface area contributed by atoms with Crippen molar-refractivity contribution in [2.75, 3.05) is 12.8 Å². The number of carbonyl (C=O) groups is 1. The smallest absolute Gasteiger partial charge is 0.328 e. The molecular weight excluding hydrogens is 300 g/mol. The van der Waals surface area contributed by atoms with E-state index >= 15 is 0 Å². The number of hydrogen-bond acceptors (Lipinski definition) is 4. The number of rotatable bonds is 6. The van der Waals surface area contributed by atoms with E-state index in [1.807, 2.05) is 11.6 Å². The van der Waals surface area contributed by atoms with Gasteiger partial charge in [-0.25, -0.2) is 17.9 Å². The molecule has 0 spiro atoms. The van der Waals surface area contributed by atoms with Gasteiger partial charge in [0.25, 0.3) is 10.0 Å². The highest BCUT2D eigenvalue weighted by Crippen LogP contribution is 2.20. The minimum Gasteiger partial charge on any atom is -0.612 e. The monoisotopic (exact) mass is 318 g/mol. The topological polar surface area (TPSA) is 98.3 Å². The molecule has 20 heavy (non-hydrogen) atoms. The lowest BCUT2D eigenvalue weighted by Gasteiger charge is -2.12. The molecule has 1 unspecified atom stereocenters. The number of unbranched alkanes of at least 4 members (excludes halogenated alkanes) is 1. The van der Waals surface area contributed by atoms with Gasteiger partial charge in [-0.15, -0.1) is 0 Å². The third-order valence-corrected chi connectivity index (χ3v) is 4.99. The first-order valence-corrected chi connectivity index (χ1v) is 9.15. The van der Waals surface area contributed by atoms with Crippen LogP contribution in [0.3, 0.4) is 0 Å². The average Bonchev–Trinajstić information content (AvgIpc) is 2.38. The maximum atomic E-state index is 12.1. The third kappa shape index (κ3) is 4.69. The van der Waals surface area contributed by atoms with Crippen molar-refractivity contribution in [1.82, 2.24) is 10.0 Å². The SMILES string of the molecule is CCCCNC(=O)NS(=O)(=O)c1ccccc1[S+](C)[O-]. The first-order chi connectivity index (χ1) is 9.38. The fourth-order valence-corrected chi connectivity index (χ4v) is 3.82. The Bertz CT molecular complexity index is 558. The van der Waals surface area contributed by atoms with Gasteiger partial charge < -0.3 is 9.87 Å². The summed E-state index contributed by atoms with van der Waals surface area (Å²) in [6.07, 6.45) is 3.05. The maximum Gasteiger partial charge on any atom is 0.328 e. The molecule has 0 aliphatic carbocycles. The van der Waals surface area contributed by atoms with Crippen LogP contribution in [0.25, 0.3) is 0 Å². The number of urea groups is 1. The van der Waals surface area contributed by atoms with Crippen molar-refractivity contribution >= 4 is 27.2 Å². The van der Waals surface area contributed by atoms with Gasteiger partial charge in [-0.2, -0.15) is 0 Å². The lowest BCUT2D eigenvalue weighted by molar-refractivity contribution is 0.245. The molecule has 0 saturated heterocycles. The molecule has 0 bridgehead atoms. The highest BCUT2D eigenvalue weighted by molar-refractivity contribution is 7.93. The molecule has 0 aliphatic rings. The molecular formula is C12H18N2O4S2. The zero-order valence-corrected chi connectivity index (χ0v) is 13.0. The average molecular weight is 318 g/mol. The van der Waals surface area contributed by atoms with Crippen molar-refractivity contribution in [3.63, 3.8) is 0 Å². The lowest BCUT2D eigenvalue weighted by atomic mass is 10.3. The summed E-state index contributed by atoms with van der Waals surface area (Å²) in [5.74, 6) is 0. The van der Waals surface area contributed by atoms with Crippen LogP contribution in [0.15, 0.2) is 34.1 Å². The van der Waals surface area contributed by atoms with E-state index in [0.717, 1.165) is 12.8 Å². The van der Waals surface area contributed by atoms with Gasteiger partial charge in [0, 0.05) is 6.54 Å². The maximum absolute atomic E-state index is 12.1. The van der Waals surface area contributed by atoms with Crippen molar-refractivity contribution in [1.29, 1.82) is 0 Å². The number of sulfonamides is 1. The highest BCUT2D eigenvalue weighted by atomic mass is 32.2. The van der Waals surface area contributed by atoms with Crippen LogP contribution in [0.1, 0.15) is 19.8 Å². The fourth-order valence-electron chi connectivity index (χ4n) is 1.50. The minimum atomic E-state index is -4.03. The van der Waals surface area contributed by atoms with E-state index < -0.39 is 27.2 Å². The van der Waals surface area contributed by atoms with E-state index in [0.29, 0.717) is 6.54 Å². The summed E-state index contributed by atoms with van der Waals surface area (Å²) < 4.78 is 37.6. The number of carbonyl (C=O) groups excluding carboxylic acids is 1. The quantitative estimate of drug-likeness (QED) is 0.608. The standard InChI is InChI=1S/C12H18N2O4S2/c1-3-4-9-13-12(15)14-20(17,18)11-8-6-5-7-10(11)19(2)16/h5-8H,3-4,9H2,1-2H3,(H2,13,14,15). The predicted octanol–water partition coefficient (Wildman–Crippen LogP) is 1.21. The van der Waals surface area contributed by atoms with Gasteiger partial charge in [0.2, 0.25) is 0 Å². The predicted molar refractivity (Wildman–Crippen MR) is 77.4 cm³/mol. The molecule has 1 rings (SSSR count). The van der Waals surface area contributed by atoms with E-state index in [9.17, 15) is 17.8 Å². The summed E-state index contributed by atoms with van der Waals surface area (Å²) in [6.45, 7) is 2.36. The fraction of sp³-hybridized carbons (Fsp3) is 0.417. The van der Waals surface area contributed by atoms with E-state index in [4.69, 9.17) is 0 Å². The summed E-state index contributed by atoms with van der Waals surface area (Å²) in [5, 5.41) is 2.45. The molecule has 0 fully saturated rings. The first kappa shape index (κ1) is 16.8. The molecule has 1 aromatic rings. The molecule has 2 N–H and O–H groups in total. The van der Waals surface area contributed by atoms with Crippen molar-refractivity contribution in [3.05, 3.63) is 24.3 Å². The van der Waals surface area contributed by atoms with E-state index in [1.54, 1.807) is 6.07 Å². The zero-order valence-electron chi connectivity index (χ0n) is 11.4. The Morgan fingerprint density at radius 1 is 1.35 bits per heavy atom. The molecule has 6 nitrogen and oxygen atoms in total. The minimum absolute atomic E-state index is 0.147. The summed E-state index contributed by atoms with van der Waals surface area (Å²) in [5.41, 5.74) is 0. The van der Waals surface area contributed by atoms with Gasteiger partial charge in [0.15, 0.2) is 4.90 Å². The Morgan fingerprint density at radius 3 is 2.60 bits per heavy atom. The summed E-state index contributed by atoms with van der Waals surface area (Å²) in [4.78, 5) is 11.5. The molecule has 0 saturated carbocycles. The molecule has 0 heterocycles. The van der Waals surface area contributed by atoms with Crippen LogP contribution in [0, 0.1) is 0 Å². The van der Waals surface area contributed by atoms with E-state index in [-0.39, 0.29) is 9.79 Å². The Balaban J connectivity index is 2.87. The summed E-state index contributed by atoms with van der Waals surface area (Å²) in [7, 11) is -4.03. The third-order valence-electron chi connectivity index (χ3n) is 2.49. The number of benzene rings is 1. The largest absolute Gasteiger partial charge is 0.612 e. The second-order valence-corrected chi connectivity index (χ2v) is 7.11. The van der Waals surface area contributed by atoms with Gasteiger partial charge in [-0.1, -0.05) is 25.5 Å². The Hall–Kier alpha value is -1.25. The molecule has 1 atom stereocenters. The van der Waals surface area contributed by atoms with Crippen LogP contribution >= 0.6 is 0 Å². The van der Waals surface area contributed by atoms with Gasteiger partial charge in [0.1, 0.15) is 11.2 Å². The van der Waals surface area contributed by atoms with Gasteiger partial charge in [-0.05, 0) is 29.7 Å². The zero-order chi connectivity index (χ0) is 15.2. The molecule has 0 aromatic heterocycles. The lowest BCUT2D eigenvalue weighted by Crippen LogP contribution is -2.40. The van der Waals surface area contributed by atoms with E-state index in [2.05, 4.69) is 5.32 Å². The number of amides is 2. The molecule has 2 amide bonds.